The Bertz CT molecular complexity index is 5050. The molecule has 0 saturated heterocycles. The van der Waals surface area contributed by atoms with E-state index in [9.17, 15) is 0 Å². The second kappa shape index (κ2) is 21.7. The van der Waals surface area contributed by atoms with Crippen LogP contribution in [-0.4, -0.2) is 38.2 Å². The van der Waals surface area contributed by atoms with Gasteiger partial charge in [-0.2, -0.15) is 0 Å². The summed E-state index contributed by atoms with van der Waals surface area (Å²) in [7, 11) is -1.11. The Morgan fingerprint density at radius 1 is 0.239 bits per heavy atom. The van der Waals surface area contributed by atoms with Crippen LogP contribution in [0, 0.1) is 0 Å². The first kappa shape index (κ1) is 53.2. The van der Waals surface area contributed by atoms with Crippen molar-refractivity contribution in [1.82, 2.24) is 38.2 Å². The van der Waals surface area contributed by atoms with E-state index < -0.39 is 13.3 Å². The lowest BCUT2D eigenvalue weighted by molar-refractivity contribution is 0.753. The van der Waals surface area contributed by atoms with E-state index in [2.05, 4.69) is 352 Å². The van der Waals surface area contributed by atoms with Gasteiger partial charge in [-0.15, -0.1) is 0 Å². The first-order valence-corrected chi connectivity index (χ1v) is 32.5. The van der Waals surface area contributed by atoms with Crippen LogP contribution >= 0.6 is 7.92 Å². The molecule has 1 aliphatic rings. The lowest BCUT2D eigenvalue weighted by Crippen LogP contribution is -2.45. The van der Waals surface area contributed by atoms with Crippen molar-refractivity contribution in [3.05, 3.63) is 356 Å². The summed E-state index contributed by atoms with van der Waals surface area (Å²) in [6, 6.07) is 121. The third-order valence-electron chi connectivity index (χ3n) is 18.2. The maximum Gasteiger partial charge on any atom is 0.145 e. The summed E-state index contributed by atoms with van der Waals surface area (Å²) in [5, 5.41) is 3.82. The number of hydrogen-bond donors (Lipinski definition) is 0. The summed E-state index contributed by atoms with van der Waals surface area (Å²) >= 11 is 0. The number of nitrogens with zero attached hydrogens (tertiary/aromatic N) is 8. The fourth-order valence-corrected chi connectivity index (χ4v) is 17.0. The lowest BCUT2D eigenvalue weighted by Gasteiger charge is -2.45. The van der Waals surface area contributed by atoms with Gasteiger partial charge in [-0.05, 0) is 180 Å². The number of fused-ring (bicyclic) bond motifs is 6. The number of imidazole rings is 4. The van der Waals surface area contributed by atoms with Gasteiger partial charge in [0.05, 0.1) is 49.5 Å². The van der Waals surface area contributed by atoms with Gasteiger partial charge in [0.1, 0.15) is 23.3 Å². The minimum atomic E-state index is -1.11. The standard InChI is InChI=1S/C83H55N8P/c1-6-28-62(29-7-1)88-73-44-22-18-40-69(73)84-79(88)56-50-57(80-85-70-41-19-23-45-74(70)89(80)63-30-8-2-9-31-63)53-60(52-56)83(67-38-16-26-48-77(67)92(66-36-14-5-15-37-66)78-49-27-17-39-68(78)83)61-54-58(81-86-71-42-20-24-46-75(71)90(81)64-32-10-3-11-33-64)51-59(55-61)82-87-72-43-21-25-47-76(72)91(82)65-34-12-4-13-35-65/h1-55H. The molecule has 0 radical (unpaired) electrons. The molecule has 0 atom stereocenters. The van der Waals surface area contributed by atoms with Crippen molar-refractivity contribution in [2.45, 2.75) is 5.41 Å². The van der Waals surface area contributed by atoms with Crippen molar-refractivity contribution < 1.29 is 0 Å². The molecule has 0 amide bonds. The van der Waals surface area contributed by atoms with Crippen LogP contribution in [0.1, 0.15) is 22.3 Å². The smallest absolute Gasteiger partial charge is 0.145 e. The Balaban J connectivity index is 1.04. The van der Waals surface area contributed by atoms with Crippen LogP contribution in [0.5, 0.6) is 0 Å². The highest BCUT2D eigenvalue weighted by Crippen LogP contribution is 2.56. The largest absolute Gasteiger partial charge is 0.292 e. The molecule has 0 bridgehead atoms. The molecule has 4 aromatic heterocycles. The molecule has 0 N–H and O–H groups in total. The van der Waals surface area contributed by atoms with Crippen LogP contribution in [0.2, 0.25) is 0 Å². The molecular formula is C83H55N8P. The number of para-hydroxylation sites is 12. The Hall–Kier alpha value is -11.8. The average molecular weight is 1200 g/mol. The molecule has 0 unspecified atom stereocenters. The van der Waals surface area contributed by atoms with E-state index >= 15 is 0 Å². The molecule has 5 heterocycles. The molecule has 432 valence electrons. The van der Waals surface area contributed by atoms with Gasteiger partial charge in [-0.25, -0.2) is 19.9 Å². The van der Waals surface area contributed by atoms with E-state index in [-0.39, 0.29) is 0 Å². The fraction of sp³-hybridized carbons (Fsp3) is 0.0120. The number of rotatable bonds is 11. The normalized spacial score (nSPS) is 12.8. The summed E-state index contributed by atoms with van der Waals surface area (Å²) in [5.41, 5.74) is 18.8. The topological polar surface area (TPSA) is 71.3 Å². The molecule has 13 aromatic carbocycles. The highest BCUT2D eigenvalue weighted by Gasteiger charge is 2.48. The van der Waals surface area contributed by atoms with Crippen molar-refractivity contribution in [3.63, 3.8) is 0 Å². The first-order chi connectivity index (χ1) is 45.6. The maximum absolute atomic E-state index is 5.68. The van der Waals surface area contributed by atoms with Gasteiger partial charge in [0.25, 0.3) is 0 Å². The molecule has 1 aliphatic heterocycles. The fourth-order valence-electron chi connectivity index (χ4n) is 14.3. The summed E-state index contributed by atoms with van der Waals surface area (Å²) in [6.07, 6.45) is 0. The van der Waals surface area contributed by atoms with Crippen LogP contribution in [0.15, 0.2) is 334 Å². The Kier molecular flexibility index (Phi) is 12.6. The molecule has 17 aromatic rings. The van der Waals surface area contributed by atoms with Gasteiger partial charge in [0.2, 0.25) is 0 Å². The molecule has 9 heteroatoms. The predicted molar refractivity (Wildman–Crippen MR) is 377 cm³/mol. The van der Waals surface area contributed by atoms with E-state index in [0.717, 1.165) is 124 Å². The first-order valence-electron chi connectivity index (χ1n) is 31.1. The van der Waals surface area contributed by atoms with Crippen LogP contribution < -0.4 is 15.9 Å². The monoisotopic (exact) mass is 1190 g/mol. The summed E-state index contributed by atoms with van der Waals surface area (Å²) in [5.74, 6) is 3.24. The van der Waals surface area contributed by atoms with Crippen molar-refractivity contribution >= 4 is 68.0 Å². The molecule has 0 fully saturated rings. The van der Waals surface area contributed by atoms with Crippen molar-refractivity contribution in [3.8, 4) is 68.3 Å². The zero-order chi connectivity index (χ0) is 60.7. The molecule has 0 aliphatic carbocycles. The van der Waals surface area contributed by atoms with Gasteiger partial charge >= 0.3 is 0 Å². The van der Waals surface area contributed by atoms with Gasteiger partial charge in [0.15, 0.2) is 0 Å². The van der Waals surface area contributed by atoms with Gasteiger partial charge < -0.3 is 0 Å². The zero-order valence-electron chi connectivity index (χ0n) is 49.8. The van der Waals surface area contributed by atoms with Crippen molar-refractivity contribution in [1.29, 1.82) is 0 Å². The van der Waals surface area contributed by atoms with E-state index in [4.69, 9.17) is 19.9 Å². The molecule has 92 heavy (non-hydrogen) atoms. The third-order valence-corrected chi connectivity index (χ3v) is 20.7. The quantitative estimate of drug-likeness (QED) is 0.121. The number of benzene rings is 13. The highest BCUT2D eigenvalue weighted by atomic mass is 31.1. The lowest BCUT2D eigenvalue weighted by atomic mass is 9.63. The van der Waals surface area contributed by atoms with Crippen molar-refractivity contribution in [2.75, 3.05) is 0 Å². The molecule has 0 saturated carbocycles. The summed E-state index contributed by atoms with van der Waals surface area (Å²) < 4.78 is 9.29. The number of aromatic nitrogens is 8. The second-order valence-electron chi connectivity index (χ2n) is 23.4. The summed E-state index contributed by atoms with van der Waals surface area (Å²) in [4.78, 5) is 22.7. The second-order valence-corrected chi connectivity index (χ2v) is 25.6. The third kappa shape index (κ3) is 8.49. The van der Waals surface area contributed by atoms with Crippen molar-refractivity contribution in [2.24, 2.45) is 0 Å². The van der Waals surface area contributed by atoms with Crippen LogP contribution in [0.25, 0.3) is 112 Å². The van der Waals surface area contributed by atoms with Crippen LogP contribution in [0.3, 0.4) is 0 Å². The van der Waals surface area contributed by atoms with Gasteiger partial charge in [-0.1, -0.05) is 200 Å². The molecular weight excluding hydrogens is 1140 g/mol. The predicted octanol–water partition coefficient (Wildman–Crippen LogP) is 18.2. The molecule has 8 nitrogen and oxygen atoms in total. The highest BCUT2D eigenvalue weighted by molar-refractivity contribution is 7.80. The van der Waals surface area contributed by atoms with E-state index in [1.807, 2.05) is 0 Å². The Morgan fingerprint density at radius 2 is 0.489 bits per heavy atom. The molecule has 0 spiro atoms. The minimum absolute atomic E-state index is 0.810. The Morgan fingerprint density at radius 3 is 0.793 bits per heavy atom. The number of hydrogen-bond acceptors (Lipinski definition) is 4. The summed E-state index contributed by atoms with van der Waals surface area (Å²) in [6.45, 7) is 0. The zero-order valence-corrected chi connectivity index (χ0v) is 50.7. The van der Waals surface area contributed by atoms with E-state index in [1.165, 1.54) is 27.0 Å². The van der Waals surface area contributed by atoms with E-state index in [1.54, 1.807) is 0 Å². The average Bonchev–Trinajstić information content (AvgIpc) is 0.846. The minimum Gasteiger partial charge on any atom is -0.292 e. The maximum atomic E-state index is 5.68. The van der Waals surface area contributed by atoms with Crippen LogP contribution in [0.4, 0.5) is 0 Å². The molecule has 18 rings (SSSR count). The Labute approximate surface area is 532 Å². The van der Waals surface area contributed by atoms with E-state index in [0.29, 0.717) is 0 Å². The van der Waals surface area contributed by atoms with Crippen LogP contribution in [-0.2, 0) is 5.41 Å². The SMILES string of the molecule is c1ccc(-n2c(-c3cc(-c4nc5ccccc5n4-c4ccccc4)cc(C4(c5cc(-c6nc7ccccc7n6-c6ccccc6)cc(-c6nc7ccccc7n6-c6ccccc6)c5)c5ccccc5P(c5ccccc5)c5ccccc54)c3)nc3ccccc32)cc1. The van der Waals surface area contributed by atoms with Gasteiger partial charge in [-0.3, -0.25) is 18.3 Å². The van der Waals surface area contributed by atoms with Gasteiger partial charge in [0, 0.05) is 45.0 Å².